The van der Waals surface area contributed by atoms with Crippen molar-refractivity contribution in [3.63, 3.8) is 0 Å². The van der Waals surface area contributed by atoms with Gasteiger partial charge in [-0.2, -0.15) is 0 Å². The zero-order valence-corrected chi connectivity index (χ0v) is 70.7. The van der Waals surface area contributed by atoms with Gasteiger partial charge >= 0.3 is 65.3 Å². The maximum absolute atomic E-state index is 7.75. The first-order valence-electron chi connectivity index (χ1n) is 34.0. The third kappa shape index (κ3) is 37.5. The summed E-state index contributed by atoms with van der Waals surface area (Å²) in [4.78, 5) is 7.75. The maximum atomic E-state index is 7.75. The summed E-state index contributed by atoms with van der Waals surface area (Å²) in [6.07, 6.45) is 10.1. The molecule has 9 rings (SSSR count). The Balaban J connectivity index is 0.000000593. The maximum Gasteiger partial charge on any atom is -0.0134 e. The number of hydrogen-bond acceptors (Lipinski definition) is 2. The van der Waals surface area contributed by atoms with Gasteiger partial charge in [0, 0.05) is 28.9 Å². The van der Waals surface area contributed by atoms with Crippen LogP contribution >= 0.6 is 66.9 Å². The summed E-state index contributed by atoms with van der Waals surface area (Å²) in [6.45, 7) is 41.4. The second-order valence-corrected chi connectivity index (χ2v) is 42.7. The van der Waals surface area contributed by atoms with Gasteiger partial charge in [-0.15, -0.1) is 7.92 Å². The van der Waals surface area contributed by atoms with E-state index in [2.05, 4.69) is 401 Å². The first-order chi connectivity index (χ1) is 47.2. The van der Waals surface area contributed by atoms with Crippen LogP contribution in [0.15, 0.2) is 273 Å². The average molecular weight is 1630 g/mol. The predicted octanol–water partition coefficient (Wildman–Crippen LogP) is 20.6. The summed E-state index contributed by atoms with van der Waals surface area (Å²) < 4.78 is 7.50. The van der Waals surface area contributed by atoms with Crippen molar-refractivity contribution < 1.29 is 44.1 Å². The minimum atomic E-state index is -0.446. The van der Waals surface area contributed by atoms with E-state index >= 15 is 0 Å². The van der Waals surface area contributed by atoms with Crippen molar-refractivity contribution in [2.45, 2.75) is 150 Å². The summed E-state index contributed by atoms with van der Waals surface area (Å²) in [6, 6.07) is 97.0. The van der Waals surface area contributed by atoms with Crippen LogP contribution in [0.4, 0.5) is 0 Å². The van der Waals surface area contributed by atoms with Crippen molar-refractivity contribution in [1.82, 2.24) is 5.32 Å². The van der Waals surface area contributed by atoms with Crippen molar-refractivity contribution in [2.24, 2.45) is 0 Å². The third-order valence-electron chi connectivity index (χ3n) is 15.9. The Morgan fingerprint density at radius 3 is 0.680 bits per heavy atom. The summed E-state index contributed by atoms with van der Waals surface area (Å²) >= 11 is 3.44. The number of carbonyl (C=O) groups excluding carboxylic acids is 1. The molecule has 0 radical (unpaired) electrons. The van der Waals surface area contributed by atoms with E-state index in [-0.39, 0.29) is 15.8 Å². The first-order valence-corrected chi connectivity index (χ1v) is 48.0. The molecule has 0 atom stereocenters. The zero-order chi connectivity index (χ0) is 72.0. The van der Waals surface area contributed by atoms with Crippen molar-refractivity contribution in [1.29, 1.82) is 0 Å². The molecule has 0 aliphatic heterocycles. The fourth-order valence-electron chi connectivity index (χ4n) is 11.4. The molecule has 0 aliphatic carbocycles. The first kappa shape index (κ1) is 91.8. The normalized spacial score (nSPS) is 10.5. The predicted molar refractivity (Wildman–Crippen MR) is 445 cm³/mol. The smallest absolute Gasteiger partial charge is 0.0134 e. The molecule has 0 bridgehead atoms. The van der Waals surface area contributed by atoms with Crippen LogP contribution in [0.3, 0.4) is 0 Å². The van der Waals surface area contributed by atoms with Crippen LogP contribution in [0.2, 0.25) is 0 Å². The van der Waals surface area contributed by atoms with E-state index in [1.807, 2.05) is 17.3 Å². The van der Waals surface area contributed by atoms with Crippen LogP contribution < -0.4 is 53.1 Å². The fourth-order valence-corrected chi connectivity index (χ4v) is 27.1. The van der Waals surface area contributed by atoms with Gasteiger partial charge in [0.25, 0.3) is 0 Å². The van der Waals surface area contributed by atoms with Gasteiger partial charge in [-0.1, -0.05) is 327 Å². The molecule has 0 amide bonds. The standard InChI is InChI=1S/3C18H15P.C16H37NP2.C12H27P.CHO.CO.2ClH.2Ru.H/c3*1-4-10-16(11-5-1)19(17-12-6-2-7-13-17)18-14-8-3-9-15-18;1-13(2)18(14(3)4)11-9-17-10-12-19(15(5)6)16(7)8;1-6-7-8-9-10-13(11(2)3)12(4)5;2*1-2;;;;;/h3*1-15H;13-17H,9-12H2,1-8H3;11-12H,6-10H2,1-5H3;1H;;2*1H;;;/q;;;;;-1;;;;+1;+3;. The monoisotopic (exact) mass is 1630 g/mol. The molecule has 0 aromatic heterocycles. The molecule has 523 valence electrons. The van der Waals surface area contributed by atoms with Crippen LogP contribution in [0.25, 0.3) is 0 Å². The summed E-state index contributed by atoms with van der Waals surface area (Å²) in [5, 5.41) is 16.3. The van der Waals surface area contributed by atoms with Gasteiger partial charge in [-0.25, -0.2) is 0 Å². The Labute approximate surface area is 626 Å². The van der Waals surface area contributed by atoms with E-state index < -0.39 is 23.8 Å². The third-order valence-corrected chi connectivity index (χ3v) is 34.3. The van der Waals surface area contributed by atoms with Crippen LogP contribution in [-0.4, -0.2) is 72.3 Å². The van der Waals surface area contributed by atoms with Crippen molar-refractivity contribution >= 4 is 121 Å². The van der Waals surface area contributed by atoms with Crippen LogP contribution in [0.5, 0.6) is 0 Å². The minimum absolute atomic E-state index is 0.166. The molecule has 9 aromatic rings. The molecule has 13 heteroatoms. The van der Waals surface area contributed by atoms with Gasteiger partial charge in [0.2, 0.25) is 0 Å². The van der Waals surface area contributed by atoms with E-state index in [0.717, 1.165) is 34.0 Å². The molecule has 9 aromatic carbocycles. The number of hydrogen-bond donors (Lipinski definition) is 1. The Kier molecular flexibility index (Phi) is 56.1. The van der Waals surface area contributed by atoms with Gasteiger partial charge in [-0.3, -0.25) is 6.79 Å². The molecule has 0 fully saturated rings. The number of rotatable bonds is 26. The Morgan fingerprint density at radius 2 is 0.536 bits per heavy atom. The van der Waals surface area contributed by atoms with Crippen LogP contribution in [-0.2, 0) is 44.1 Å². The Morgan fingerprint density at radius 1 is 0.361 bits per heavy atom. The topological polar surface area (TPSA) is 49.0 Å². The molecule has 0 saturated heterocycles. The van der Waals surface area contributed by atoms with Crippen molar-refractivity contribution in [3.05, 3.63) is 280 Å². The van der Waals surface area contributed by atoms with E-state index in [9.17, 15) is 0 Å². The number of benzene rings is 9. The van der Waals surface area contributed by atoms with E-state index in [1.54, 1.807) is 17.3 Å². The molecule has 0 saturated carbocycles. The SMILES string of the molecule is CC(C)[PH+](CCNCC[PH+](C(C)C)C(C)C)C(C)C.CCCCCCP(C(C)C)C(C)C.[C-]#[O+].[CH-]=O.[Cl][RuH+2].[Cl][Ru].c1ccc(P(c2ccccc2)c2ccccc2)cc1.c1ccc(P(c2ccccc2)c2ccccc2)cc1.c1ccc(P(c2ccccc2)c2ccccc2)cc1. The van der Waals surface area contributed by atoms with Gasteiger partial charge < -0.3 is 10.1 Å². The minimum Gasteiger partial charge on any atom is -0.0622 e. The largest absolute Gasteiger partial charge is 0.0622 e. The number of halogens is 2. The van der Waals surface area contributed by atoms with Crippen molar-refractivity contribution in [3.8, 4) is 0 Å². The molecule has 0 heterocycles. The fraction of sp³-hybridized carbons (Fsp3) is 0.333. The summed E-state index contributed by atoms with van der Waals surface area (Å²) in [7, 11) is 7.81. The molecule has 97 heavy (non-hydrogen) atoms. The number of nitrogens with one attached hydrogen (secondary N) is 1. The average Bonchev–Trinajstić information content (AvgIpc) is 0.873. The molecule has 0 aliphatic rings. The Hall–Kier alpha value is -3.24. The zero-order valence-electron chi connectivity index (χ0n) is 60.0. The molecule has 3 nitrogen and oxygen atoms in total. The Bertz CT molecular complexity index is 2600. The van der Waals surface area contributed by atoms with Gasteiger partial charge in [0.1, 0.15) is 0 Å². The quantitative estimate of drug-likeness (QED) is 0.0147. The van der Waals surface area contributed by atoms with Gasteiger partial charge in [0.15, 0.2) is 0 Å². The van der Waals surface area contributed by atoms with E-state index in [4.69, 9.17) is 9.45 Å². The van der Waals surface area contributed by atoms with Crippen LogP contribution in [0.1, 0.15) is 116 Å². The van der Waals surface area contributed by atoms with Gasteiger partial charge in [0.05, 0.1) is 35.0 Å². The molecule has 0 spiro atoms. The second kappa shape index (κ2) is 59.3. The van der Waals surface area contributed by atoms with E-state index in [0.29, 0.717) is 7.92 Å². The van der Waals surface area contributed by atoms with Crippen molar-refractivity contribution in [2.75, 3.05) is 31.6 Å². The summed E-state index contributed by atoms with van der Waals surface area (Å²) in [5.74, 6) is 0. The molecular formula is C84H113Cl2NO2P6Ru2+3. The second-order valence-electron chi connectivity index (χ2n) is 24.5. The van der Waals surface area contributed by atoms with Crippen LogP contribution in [0, 0.1) is 6.65 Å². The van der Waals surface area contributed by atoms with E-state index in [1.165, 1.54) is 105 Å². The van der Waals surface area contributed by atoms with Gasteiger partial charge in [-0.05, 0) is 151 Å². The molecule has 1 N–H and O–H groups in total. The molecule has 0 unspecified atom stereocenters. The molecular weight excluding hydrogens is 1510 g/mol. The number of unbranched alkanes of at least 4 members (excludes halogenated alkanes) is 3. The summed E-state index contributed by atoms with van der Waals surface area (Å²) in [5.41, 5.74) is 5.51.